The Morgan fingerprint density at radius 2 is 1.87 bits per heavy atom. The lowest BCUT2D eigenvalue weighted by atomic mass is 10.0. The molecule has 0 radical (unpaired) electrons. The summed E-state index contributed by atoms with van der Waals surface area (Å²) in [4.78, 5) is 19.2. The Morgan fingerprint density at radius 3 is 2.61 bits per heavy atom. The summed E-state index contributed by atoms with van der Waals surface area (Å²) < 4.78 is 20.4. The Balaban J connectivity index is 1.45. The molecule has 0 bridgehead atoms. The van der Waals surface area contributed by atoms with E-state index in [1.807, 2.05) is 7.05 Å². The second-order valence-corrected chi connectivity index (χ2v) is 7.75. The summed E-state index contributed by atoms with van der Waals surface area (Å²) in [5.41, 5.74) is 3.67. The van der Waals surface area contributed by atoms with Gasteiger partial charge in [-0.15, -0.1) is 0 Å². The number of rotatable bonds is 3. The lowest BCUT2D eigenvalue weighted by Crippen LogP contribution is -2.36. The predicted molar refractivity (Wildman–Crippen MR) is 112 cm³/mol. The van der Waals surface area contributed by atoms with Gasteiger partial charge < -0.3 is 9.42 Å². The van der Waals surface area contributed by atoms with E-state index in [1.165, 1.54) is 12.1 Å². The summed E-state index contributed by atoms with van der Waals surface area (Å²) in [5.74, 6) is 0.197. The first-order chi connectivity index (χ1) is 15.0. The van der Waals surface area contributed by atoms with E-state index >= 15 is 0 Å². The topological polar surface area (TPSA) is 77.1 Å². The third-order valence-corrected chi connectivity index (χ3v) is 5.60. The number of amides is 1. The van der Waals surface area contributed by atoms with Crippen molar-refractivity contribution in [2.45, 2.75) is 13.0 Å². The van der Waals surface area contributed by atoms with Crippen LogP contribution in [0.2, 0.25) is 5.02 Å². The average Bonchev–Trinajstić information content (AvgIpc) is 3.39. The highest BCUT2D eigenvalue weighted by molar-refractivity contribution is 6.30. The third kappa shape index (κ3) is 3.59. The van der Waals surface area contributed by atoms with Crippen LogP contribution >= 0.6 is 11.6 Å². The van der Waals surface area contributed by atoms with E-state index < -0.39 is 0 Å². The number of hydrogen-bond donors (Lipinski definition) is 0. The largest absolute Gasteiger partial charge is 0.334 e. The van der Waals surface area contributed by atoms with Crippen LogP contribution in [0.25, 0.3) is 23.0 Å². The van der Waals surface area contributed by atoms with Crippen LogP contribution in [0.1, 0.15) is 21.6 Å². The van der Waals surface area contributed by atoms with Crippen LogP contribution < -0.4 is 0 Å². The molecule has 3 heterocycles. The molecule has 0 fully saturated rings. The molecule has 2 aromatic carbocycles. The molecule has 0 unspecified atom stereocenters. The molecule has 9 heteroatoms. The standard InChI is InChI=1S/C22H17ClFN5O2/c1-28-18-10-11-29(22(30)14-2-6-15(23)7-3-14)12-17(18)19(26-28)21-25-20(27-31-21)13-4-8-16(24)9-5-13/h2-9H,10-12H2,1H3. The van der Waals surface area contributed by atoms with Gasteiger partial charge in [0.2, 0.25) is 5.82 Å². The molecule has 1 amide bonds. The first-order valence-corrected chi connectivity index (χ1v) is 10.1. The van der Waals surface area contributed by atoms with Crippen molar-refractivity contribution >= 4 is 17.5 Å². The first kappa shape index (κ1) is 19.4. The highest BCUT2D eigenvalue weighted by Crippen LogP contribution is 2.30. The molecule has 0 saturated heterocycles. The van der Waals surface area contributed by atoms with Gasteiger partial charge in [-0.1, -0.05) is 16.8 Å². The molecule has 31 heavy (non-hydrogen) atoms. The maximum atomic E-state index is 13.2. The van der Waals surface area contributed by atoms with E-state index in [1.54, 1.807) is 46.0 Å². The van der Waals surface area contributed by atoms with Crippen molar-refractivity contribution in [1.29, 1.82) is 0 Å². The molecule has 0 atom stereocenters. The van der Waals surface area contributed by atoms with Gasteiger partial charge in [0, 0.05) is 47.4 Å². The van der Waals surface area contributed by atoms with Gasteiger partial charge in [-0.05, 0) is 48.5 Å². The summed E-state index contributed by atoms with van der Waals surface area (Å²) in [6.45, 7) is 0.965. The fourth-order valence-corrected chi connectivity index (χ4v) is 3.87. The minimum absolute atomic E-state index is 0.0744. The summed E-state index contributed by atoms with van der Waals surface area (Å²) in [6, 6.07) is 12.7. The number of hydrogen-bond acceptors (Lipinski definition) is 5. The normalized spacial score (nSPS) is 13.3. The lowest BCUT2D eigenvalue weighted by Gasteiger charge is -2.27. The third-order valence-electron chi connectivity index (χ3n) is 5.35. The van der Waals surface area contributed by atoms with Gasteiger partial charge in [0.1, 0.15) is 5.82 Å². The quantitative estimate of drug-likeness (QED) is 0.481. The van der Waals surface area contributed by atoms with Crippen molar-refractivity contribution in [2.75, 3.05) is 6.54 Å². The average molecular weight is 438 g/mol. The molecule has 1 aliphatic heterocycles. The second-order valence-electron chi connectivity index (χ2n) is 7.31. The summed E-state index contributed by atoms with van der Waals surface area (Å²) in [5, 5.41) is 9.16. The Hall–Kier alpha value is -3.52. The van der Waals surface area contributed by atoms with E-state index in [2.05, 4.69) is 15.2 Å². The SMILES string of the molecule is Cn1nc(-c2nc(-c3ccc(F)cc3)no2)c2c1CCN(C(=O)c1ccc(Cl)cc1)C2. The van der Waals surface area contributed by atoms with Crippen molar-refractivity contribution in [2.24, 2.45) is 7.05 Å². The second kappa shape index (κ2) is 7.63. The maximum absolute atomic E-state index is 13.2. The van der Waals surface area contributed by atoms with Crippen molar-refractivity contribution in [3.8, 4) is 23.0 Å². The Labute approximate surface area is 182 Å². The predicted octanol–water partition coefficient (Wildman–Crippen LogP) is 4.13. The van der Waals surface area contributed by atoms with Crippen LogP contribution in [0, 0.1) is 5.82 Å². The smallest absolute Gasteiger partial charge is 0.279 e. The fourth-order valence-electron chi connectivity index (χ4n) is 3.75. The van der Waals surface area contributed by atoms with Crippen molar-refractivity contribution in [3.05, 3.63) is 76.2 Å². The van der Waals surface area contributed by atoms with Gasteiger partial charge in [-0.2, -0.15) is 10.1 Å². The van der Waals surface area contributed by atoms with Crippen molar-refractivity contribution < 1.29 is 13.7 Å². The number of benzene rings is 2. The van der Waals surface area contributed by atoms with E-state index in [4.69, 9.17) is 16.1 Å². The molecule has 0 spiro atoms. The number of fused-ring (bicyclic) bond motifs is 1. The Morgan fingerprint density at radius 1 is 1.13 bits per heavy atom. The molecule has 5 rings (SSSR count). The summed E-state index contributed by atoms with van der Waals surface area (Å²) in [6.07, 6.45) is 0.664. The number of aromatic nitrogens is 4. The van der Waals surface area contributed by atoms with Crippen LogP contribution in [0.3, 0.4) is 0 Å². The van der Waals surface area contributed by atoms with Crippen molar-refractivity contribution in [1.82, 2.24) is 24.8 Å². The molecule has 4 aromatic rings. The summed E-state index contributed by atoms with van der Waals surface area (Å²) >= 11 is 5.94. The highest BCUT2D eigenvalue weighted by atomic mass is 35.5. The number of carbonyl (C=O) groups excluding carboxylic acids is 1. The van der Waals surface area contributed by atoms with Gasteiger partial charge in [-0.25, -0.2) is 4.39 Å². The fraction of sp³-hybridized carbons (Fsp3) is 0.182. The zero-order valence-corrected chi connectivity index (χ0v) is 17.3. The maximum Gasteiger partial charge on any atom is 0.279 e. The van der Waals surface area contributed by atoms with E-state index in [9.17, 15) is 9.18 Å². The molecule has 1 aliphatic rings. The van der Waals surface area contributed by atoms with Crippen LogP contribution in [0.4, 0.5) is 4.39 Å². The summed E-state index contributed by atoms with van der Waals surface area (Å²) in [7, 11) is 1.86. The van der Waals surface area contributed by atoms with Crippen molar-refractivity contribution in [3.63, 3.8) is 0 Å². The zero-order chi connectivity index (χ0) is 21.5. The number of carbonyl (C=O) groups is 1. The number of aryl methyl sites for hydroxylation is 1. The minimum atomic E-state index is -0.336. The Kier molecular flexibility index (Phi) is 4.78. The van der Waals surface area contributed by atoms with Crippen LogP contribution in [-0.4, -0.2) is 37.3 Å². The molecular formula is C22H17ClFN5O2. The van der Waals surface area contributed by atoms with Gasteiger partial charge >= 0.3 is 0 Å². The lowest BCUT2D eigenvalue weighted by molar-refractivity contribution is 0.0733. The molecule has 2 aromatic heterocycles. The van der Waals surface area contributed by atoms with Gasteiger partial charge in [0.15, 0.2) is 5.69 Å². The van der Waals surface area contributed by atoms with Gasteiger partial charge in [-0.3, -0.25) is 9.48 Å². The monoisotopic (exact) mass is 437 g/mol. The van der Waals surface area contributed by atoms with E-state index in [-0.39, 0.29) is 17.6 Å². The first-order valence-electron chi connectivity index (χ1n) is 9.69. The molecule has 0 aliphatic carbocycles. The number of halogens is 2. The minimum Gasteiger partial charge on any atom is -0.334 e. The number of nitrogens with zero attached hydrogens (tertiary/aromatic N) is 5. The molecule has 156 valence electrons. The van der Waals surface area contributed by atoms with Crippen LogP contribution in [-0.2, 0) is 20.0 Å². The Bertz CT molecular complexity index is 1260. The molecule has 7 nitrogen and oxygen atoms in total. The molecule has 0 N–H and O–H groups in total. The van der Waals surface area contributed by atoms with Gasteiger partial charge in [0.25, 0.3) is 11.8 Å². The zero-order valence-electron chi connectivity index (χ0n) is 16.5. The van der Waals surface area contributed by atoms with E-state index in [0.717, 1.165) is 11.3 Å². The van der Waals surface area contributed by atoms with Crippen LogP contribution in [0.5, 0.6) is 0 Å². The molecule has 0 saturated carbocycles. The van der Waals surface area contributed by atoms with E-state index in [0.29, 0.717) is 47.2 Å². The van der Waals surface area contributed by atoms with Gasteiger partial charge in [0.05, 0.1) is 6.54 Å². The molecular weight excluding hydrogens is 421 g/mol. The van der Waals surface area contributed by atoms with Crippen LogP contribution in [0.15, 0.2) is 53.1 Å². The highest BCUT2D eigenvalue weighted by Gasteiger charge is 2.30.